The van der Waals surface area contributed by atoms with E-state index in [0.717, 1.165) is 49.5 Å². The van der Waals surface area contributed by atoms with Crippen LogP contribution < -0.4 is 9.47 Å². The fourth-order valence-electron chi connectivity index (χ4n) is 2.88. The Kier molecular flexibility index (Phi) is 6.07. The Balaban J connectivity index is 2.02. The van der Waals surface area contributed by atoms with E-state index in [2.05, 4.69) is 4.90 Å². The molecular formula is C17H25NO4. The van der Waals surface area contributed by atoms with Crippen LogP contribution in [0.15, 0.2) is 18.2 Å². The zero-order valence-corrected chi connectivity index (χ0v) is 13.6. The average molecular weight is 307 g/mol. The molecule has 122 valence electrons. The van der Waals surface area contributed by atoms with Crippen molar-refractivity contribution in [1.82, 2.24) is 4.90 Å². The van der Waals surface area contributed by atoms with Crippen molar-refractivity contribution in [1.29, 1.82) is 0 Å². The molecule has 5 nitrogen and oxygen atoms in total. The van der Waals surface area contributed by atoms with Gasteiger partial charge in [-0.25, -0.2) is 0 Å². The van der Waals surface area contributed by atoms with Crippen LogP contribution in [-0.4, -0.2) is 44.8 Å². The number of hydrogen-bond acceptors (Lipinski definition) is 5. The molecule has 0 unspecified atom stereocenters. The second-order valence-corrected chi connectivity index (χ2v) is 5.50. The predicted molar refractivity (Wildman–Crippen MR) is 84.2 cm³/mol. The predicted octanol–water partition coefficient (Wildman–Crippen LogP) is 2.48. The molecule has 0 amide bonds. The number of nitrogens with zero attached hydrogens (tertiary/aromatic N) is 1. The number of piperidine rings is 1. The summed E-state index contributed by atoms with van der Waals surface area (Å²) in [6.07, 6.45) is 1.93. The second kappa shape index (κ2) is 8.03. The Morgan fingerprint density at radius 3 is 2.82 bits per heavy atom. The van der Waals surface area contributed by atoms with Gasteiger partial charge in [0.1, 0.15) is 11.5 Å². The van der Waals surface area contributed by atoms with Crippen molar-refractivity contribution >= 4 is 5.97 Å². The Morgan fingerprint density at radius 1 is 1.32 bits per heavy atom. The number of likely N-dealkylation sites (tertiary alicyclic amines) is 1. The molecule has 0 aliphatic carbocycles. The molecule has 0 aromatic heterocycles. The molecule has 0 spiro atoms. The maximum atomic E-state index is 11.9. The number of hydrogen-bond donors (Lipinski definition) is 0. The lowest BCUT2D eigenvalue weighted by molar-refractivity contribution is -0.150. The van der Waals surface area contributed by atoms with Crippen LogP contribution in [0.4, 0.5) is 0 Å². The van der Waals surface area contributed by atoms with Crippen LogP contribution in [0.25, 0.3) is 0 Å². The van der Waals surface area contributed by atoms with E-state index in [1.807, 2.05) is 25.1 Å². The van der Waals surface area contributed by atoms with Gasteiger partial charge in [0.2, 0.25) is 0 Å². The minimum atomic E-state index is -0.0751. The maximum absolute atomic E-state index is 11.9. The first-order valence-corrected chi connectivity index (χ1v) is 7.77. The molecule has 22 heavy (non-hydrogen) atoms. The number of carbonyl (C=O) groups excluding carboxylic acids is 1. The van der Waals surface area contributed by atoms with Crippen molar-refractivity contribution in [3.8, 4) is 11.5 Å². The van der Waals surface area contributed by atoms with Crippen molar-refractivity contribution < 1.29 is 19.0 Å². The zero-order chi connectivity index (χ0) is 15.9. The highest BCUT2D eigenvalue weighted by Gasteiger charge is 2.27. The normalized spacial score (nSPS) is 18.8. The molecule has 1 fully saturated rings. The van der Waals surface area contributed by atoms with Crippen LogP contribution in [0.2, 0.25) is 0 Å². The second-order valence-electron chi connectivity index (χ2n) is 5.50. The molecule has 1 heterocycles. The number of carbonyl (C=O) groups is 1. The van der Waals surface area contributed by atoms with Gasteiger partial charge >= 0.3 is 5.97 Å². The fraction of sp³-hybridized carbons (Fsp3) is 0.588. The van der Waals surface area contributed by atoms with Crippen LogP contribution in [0.5, 0.6) is 11.5 Å². The SMILES string of the molecule is CCOC(=O)[C@H]1CCCN(Cc2ccc(OC)cc2OC)C1. The Hall–Kier alpha value is -1.75. The lowest BCUT2D eigenvalue weighted by Crippen LogP contribution is -2.39. The average Bonchev–Trinajstić information content (AvgIpc) is 2.55. The number of esters is 1. The van der Waals surface area contributed by atoms with Crippen molar-refractivity contribution in [3.63, 3.8) is 0 Å². The molecular weight excluding hydrogens is 282 g/mol. The van der Waals surface area contributed by atoms with Crippen molar-refractivity contribution in [2.45, 2.75) is 26.3 Å². The Morgan fingerprint density at radius 2 is 2.14 bits per heavy atom. The summed E-state index contributed by atoms with van der Waals surface area (Å²) in [5.41, 5.74) is 1.10. The molecule has 5 heteroatoms. The highest BCUT2D eigenvalue weighted by molar-refractivity contribution is 5.72. The van der Waals surface area contributed by atoms with Gasteiger partial charge in [0.15, 0.2) is 0 Å². The maximum Gasteiger partial charge on any atom is 0.310 e. The van der Waals surface area contributed by atoms with E-state index in [0.29, 0.717) is 6.61 Å². The first-order chi connectivity index (χ1) is 10.7. The van der Waals surface area contributed by atoms with E-state index >= 15 is 0 Å². The molecule has 0 radical (unpaired) electrons. The standard InChI is InChI=1S/C17H25NO4/c1-4-22-17(19)14-6-5-9-18(12-14)11-13-7-8-15(20-2)10-16(13)21-3/h7-8,10,14H,4-6,9,11-12H2,1-3H3/t14-/m0/s1. The van der Waals surface area contributed by atoms with Gasteiger partial charge in [-0.1, -0.05) is 6.07 Å². The molecule has 2 rings (SSSR count). The topological polar surface area (TPSA) is 48.0 Å². The summed E-state index contributed by atoms with van der Waals surface area (Å²) in [6, 6.07) is 5.85. The monoisotopic (exact) mass is 307 g/mol. The molecule has 1 atom stereocenters. The summed E-state index contributed by atoms with van der Waals surface area (Å²) in [6.45, 7) is 4.80. The minimum absolute atomic E-state index is 0.0158. The molecule has 1 aliphatic heterocycles. The van der Waals surface area contributed by atoms with E-state index in [1.165, 1.54) is 0 Å². The van der Waals surface area contributed by atoms with Crippen LogP contribution in [-0.2, 0) is 16.1 Å². The first-order valence-electron chi connectivity index (χ1n) is 7.77. The van der Waals surface area contributed by atoms with E-state index in [1.54, 1.807) is 14.2 Å². The summed E-state index contributed by atoms with van der Waals surface area (Å²) < 4.78 is 15.8. The summed E-state index contributed by atoms with van der Waals surface area (Å²) in [5.74, 6) is 1.51. The highest BCUT2D eigenvalue weighted by atomic mass is 16.5. The minimum Gasteiger partial charge on any atom is -0.497 e. The molecule has 0 saturated carbocycles. The third-order valence-corrected chi connectivity index (χ3v) is 4.01. The largest absolute Gasteiger partial charge is 0.497 e. The molecule has 1 aromatic carbocycles. The lowest BCUT2D eigenvalue weighted by Gasteiger charge is -2.31. The summed E-state index contributed by atoms with van der Waals surface area (Å²) >= 11 is 0. The summed E-state index contributed by atoms with van der Waals surface area (Å²) in [4.78, 5) is 14.2. The Bertz CT molecular complexity index is 503. The van der Waals surface area contributed by atoms with E-state index in [9.17, 15) is 4.79 Å². The third kappa shape index (κ3) is 4.13. The van der Waals surface area contributed by atoms with Gasteiger partial charge in [-0.3, -0.25) is 9.69 Å². The quantitative estimate of drug-likeness (QED) is 0.756. The van der Waals surface area contributed by atoms with Crippen LogP contribution >= 0.6 is 0 Å². The molecule has 1 aliphatic rings. The summed E-state index contributed by atoms with van der Waals surface area (Å²) in [5, 5.41) is 0. The molecule has 1 saturated heterocycles. The lowest BCUT2D eigenvalue weighted by atomic mass is 9.97. The summed E-state index contributed by atoms with van der Waals surface area (Å²) in [7, 11) is 3.30. The fourth-order valence-corrected chi connectivity index (χ4v) is 2.88. The van der Waals surface area contributed by atoms with Gasteiger partial charge in [0.05, 0.1) is 26.7 Å². The van der Waals surface area contributed by atoms with Gasteiger partial charge in [-0.2, -0.15) is 0 Å². The number of ether oxygens (including phenoxy) is 3. The van der Waals surface area contributed by atoms with Gasteiger partial charge in [0, 0.05) is 24.7 Å². The van der Waals surface area contributed by atoms with Gasteiger partial charge in [0.25, 0.3) is 0 Å². The number of benzene rings is 1. The van der Waals surface area contributed by atoms with E-state index < -0.39 is 0 Å². The third-order valence-electron chi connectivity index (χ3n) is 4.01. The van der Waals surface area contributed by atoms with Gasteiger partial charge in [-0.05, 0) is 32.4 Å². The Labute approximate surface area is 132 Å². The molecule has 1 aromatic rings. The van der Waals surface area contributed by atoms with Gasteiger partial charge < -0.3 is 14.2 Å². The zero-order valence-electron chi connectivity index (χ0n) is 13.6. The first kappa shape index (κ1) is 16.6. The van der Waals surface area contributed by atoms with E-state index in [4.69, 9.17) is 14.2 Å². The number of methoxy groups -OCH3 is 2. The smallest absolute Gasteiger partial charge is 0.310 e. The van der Waals surface area contributed by atoms with Crippen LogP contribution in [0.1, 0.15) is 25.3 Å². The molecule has 0 bridgehead atoms. The van der Waals surface area contributed by atoms with E-state index in [-0.39, 0.29) is 11.9 Å². The van der Waals surface area contributed by atoms with Crippen LogP contribution in [0.3, 0.4) is 0 Å². The number of rotatable bonds is 6. The highest BCUT2D eigenvalue weighted by Crippen LogP contribution is 2.27. The van der Waals surface area contributed by atoms with Crippen LogP contribution in [0, 0.1) is 5.92 Å². The van der Waals surface area contributed by atoms with Gasteiger partial charge in [-0.15, -0.1) is 0 Å². The molecule has 0 N–H and O–H groups in total. The van der Waals surface area contributed by atoms with Crippen molar-refractivity contribution in [2.24, 2.45) is 5.92 Å². The van der Waals surface area contributed by atoms with Crippen molar-refractivity contribution in [3.05, 3.63) is 23.8 Å². The van der Waals surface area contributed by atoms with Crippen molar-refractivity contribution in [2.75, 3.05) is 33.9 Å².